The molecule has 0 spiro atoms. The molecule has 0 fully saturated rings. The van der Waals surface area contributed by atoms with Gasteiger partial charge in [0.25, 0.3) is 0 Å². The van der Waals surface area contributed by atoms with E-state index in [4.69, 9.17) is 10.2 Å². The van der Waals surface area contributed by atoms with Gasteiger partial charge in [0.2, 0.25) is 5.84 Å². The fourth-order valence-corrected chi connectivity index (χ4v) is 1.12. The third-order valence-corrected chi connectivity index (χ3v) is 1.89. The molecule has 1 amide bonds. The normalized spacial score (nSPS) is 25.8. The number of aliphatic carboxylic acids is 1. The zero-order chi connectivity index (χ0) is 10.1. The second kappa shape index (κ2) is 2.98. The Bertz CT molecular complexity index is 320. The Morgan fingerprint density at radius 2 is 2.15 bits per heavy atom. The van der Waals surface area contributed by atoms with E-state index in [-0.39, 0.29) is 5.84 Å². The highest BCUT2D eigenvalue weighted by Crippen LogP contribution is 2.16. The molecule has 0 aromatic carbocycles. The van der Waals surface area contributed by atoms with Crippen molar-refractivity contribution in [3.8, 4) is 0 Å². The lowest BCUT2D eigenvalue weighted by Crippen LogP contribution is -2.52. The first kappa shape index (κ1) is 9.40. The van der Waals surface area contributed by atoms with Crippen LogP contribution in [0, 0.1) is 0 Å². The summed E-state index contributed by atoms with van der Waals surface area (Å²) in [5.74, 6) is -0.932. The van der Waals surface area contributed by atoms with Crippen LogP contribution < -0.4 is 0 Å². The van der Waals surface area contributed by atoms with Gasteiger partial charge in [-0.25, -0.2) is 9.79 Å². The third kappa shape index (κ3) is 1.43. The number of amides is 1. The fourth-order valence-electron chi connectivity index (χ4n) is 1.12. The van der Waals surface area contributed by atoms with Gasteiger partial charge in [-0.1, -0.05) is 0 Å². The molecule has 2 N–H and O–H groups in total. The molecule has 70 valence electrons. The molecular formula is C7H9N2O4+. The van der Waals surface area contributed by atoms with Crippen molar-refractivity contribution in [2.75, 3.05) is 6.54 Å². The lowest BCUT2D eigenvalue weighted by Gasteiger charge is -2.21. The Labute approximate surface area is 74.0 Å². The zero-order valence-corrected chi connectivity index (χ0v) is 6.97. The number of carbonyl (C=O) groups is 2. The molecule has 1 aliphatic heterocycles. The maximum Gasteiger partial charge on any atom is 0.525 e. The van der Waals surface area contributed by atoms with Crippen LogP contribution in [-0.2, 0) is 4.79 Å². The second-order valence-electron chi connectivity index (χ2n) is 2.68. The van der Waals surface area contributed by atoms with E-state index in [1.165, 1.54) is 19.3 Å². The van der Waals surface area contributed by atoms with Crippen LogP contribution in [-0.4, -0.2) is 39.1 Å². The summed E-state index contributed by atoms with van der Waals surface area (Å²) in [6, 6.07) is 0. The zero-order valence-electron chi connectivity index (χ0n) is 6.97. The van der Waals surface area contributed by atoms with Crippen molar-refractivity contribution in [1.29, 1.82) is 0 Å². The topological polar surface area (TPSA) is 87.0 Å². The molecule has 1 aliphatic rings. The summed E-state index contributed by atoms with van der Waals surface area (Å²) >= 11 is 0. The van der Waals surface area contributed by atoms with E-state index in [1.54, 1.807) is 0 Å². The largest absolute Gasteiger partial charge is 0.525 e. The number of carboxylic acids is 1. The van der Waals surface area contributed by atoms with E-state index in [1.807, 2.05) is 0 Å². The van der Waals surface area contributed by atoms with Gasteiger partial charge in [-0.05, 0) is 0 Å². The van der Waals surface area contributed by atoms with Crippen molar-refractivity contribution in [2.45, 2.75) is 6.92 Å². The van der Waals surface area contributed by atoms with Crippen LogP contribution in [0.15, 0.2) is 17.4 Å². The highest BCUT2D eigenvalue weighted by Gasteiger charge is 2.43. The molecule has 0 aromatic rings. The molecule has 6 nitrogen and oxygen atoms in total. The summed E-state index contributed by atoms with van der Waals surface area (Å²) in [7, 11) is 0. The highest BCUT2D eigenvalue weighted by molar-refractivity contribution is 5.88. The summed E-state index contributed by atoms with van der Waals surface area (Å²) in [6.45, 7) is 0.957. The highest BCUT2D eigenvalue weighted by atomic mass is 16.4. The molecule has 1 atom stereocenters. The maximum absolute atomic E-state index is 10.8. The smallest absolute Gasteiger partial charge is 0.477 e. The Morgan fingerprint density at radius 1 is 1.54 bits per heavy atom. The molecule has 0 saturated carbocycles. The minimum atomic E-state index is -1.24. The van der Waals surface area contributed by atoms with Crippen molar-refractivity contribution in [3.63, 3.8) is 0 Å². The number of nitrogens with zero attached hydrogens (tertiary/aromatic N) is 2. The van der Waals surface area contributed by atoms with Crippen molar-refractivity contribution in [2.24, 2.45) is 4.99 Å². The van der Waals surface area contributed by atoms with Crippen LogP contribution >= 0.6 is 0 Å². The Kier molecular flexibility index (Phi) is 2.16. The number of aliphatic imine (C=N–C) groups is 1. The molecule has 6 heteroatoms. The van der Waals surface area contributed by atoms with Gasteiger partial charge in [-0.3, -0.25) is 0 Å². The quantitative estimate of drug-likeness (QED) is 0.612. The van der Waals surface area contributed by atoms with Crippen LogP contribution in [0.25, 0.3) is 0 Å². The summed E-state index contributed by atoms with van der Waals surface area (Å²) < 4.78 is -0.741. The fraction of sp³-hybridized carbons (Fsp3) is 0.286. The van der Waals surface area contributed by atoms with Gasteiger partial charge < -0.3 is 10.2 Å². The van der Waals surface area contributed by atoms with E-state index in [0.717, 1.165) is 0 Å². The van der Waals surface area contributed by atoms with Gasteiger partial charge in [-0.2, -0.15) is 4.79 Å². The van der Waals surface area contributed by atoms with Crippen LogP contribution in [0.3, 0.4) is 0 Å². The van der Waals surface area contributed by atoms with Gasteiger partial charge in [0.1, 0.15) is 6.20 Å². The molecule has 0 bridgehead atoms. The van der Waals surface area contributed by atoms with Crippen molar-refractivity contribution < 1.29 is 24.3 Å². The van der Waals surface area contributed by atoms with E-state index in [2.05, 4.69) is 4.99 Å². The average molecular weight is 185 g/mol. The number of rotatable bonds is 2. The first-order valence-electron chi connectivity index (χ1n) is 3.55. The minimum Gasteiger partial charge on any atom is -0.477 e. The lowest BCUT2D eigenvalue weighted by molar-refractivity contribution is -0.699. The molecule has 0 saturated heterocycles. The van der Waals surface area contributed by atoms with Gasteiger partial charge in [0.05, 0.1) is 6.20 Å². The van der Waals surface area contributed by atoms with Gasteiger partial charge in [0.15, 0.2) is 6.54 Å². The van der Waals surface area contributed by atoms with Crippen LogP contribution in [0.2, 0.25) is 0 Å². The summed E-state index contributed by atoms with van der Waals surface area (Å²) in [4.78, 5) is 25.0. The Hall–Kier alpha value is -1.69. The Balaban J connectivity index is 3.03. The van der Waals surface area contributed by atoms with Gasteiger partial charge >= 0.3 is 12.1 Å². The molecule has 0 aromatic heterocycles. The predicted molar refractivity (Wildman–Crippen MR) is 43.0 cm³/mol. The van der Waals surface area contributed by atoms with E-state index >= 15 is 0 Å². The van der Waals surface area contributed by atoms with Crippen LogP contribution in [0.4, 0.5) is 4.79 Å². The third-order valence-electron chi connectivity index (χ3n) is 1.89. The second-order valence-corrected chi connectivity index (χ2v) is 2.68. The van der Waals surface area contributed by atoms with E-state index in [0.29, 0.717) is 0 Å². The molecule has 0 radical (unpaired) electrons. The summed E-state index contributed by atoms with van der Waals surface area (Å²) in [5, 5.41) is 17.4. The first-order chi connectivity index (χ1) is 5.99. The minimum absolute atomic E-state index is 0.245. The van der Waals surface area contributed by atoms with E-state index in [9.17, 15) is 9.59 Å². The van der Waals surface area contributed by atoms with Gasteiger partial charge in [-0.15, -0.1) is 4.48 Å². The molecular weight excluding hydrogens is 176 g/mol. The SMILES string of the molecule is CC1=NC=C[N+]1(CC(=O)O)C(=O)O. The number of hydrogen-bond acceptors (Lipinski definition) is 3. The molecule has 1 unspecified atom stereocenters. The van der Waals surface area contributed by atoms with Crippen molar-refractivity contribution in [1.82, 2.24) is 0 Å². The van der Waals surface area contributed by atoms with E-state index < -0.39 is 23.1 Å². The van der Waals surface area contributed by atoms with Crippen LogP contribution in [0.5, 0.6) is 0 Å². The summed E-state index contributed by atoms with van der Waals surface area (Å²) in [6.07, 6.45) is 1.30. The lowest BCUT2D eigenvalue weighted by atomic mass is 10.4. The predicted octanol–water partition coefficient (Wildman–Crippen LogP) is 0.469. The average Bonchev–Trinajstić information content (AvgIpc) is 2.32. The molecule has 1 rings (SSSR count). The molecule has 0 aliphatic carbocycles. The summed E-state index contributed by atoms with van der Waals surface area (Å²) in [5.41, 5.74) is 0. The van der Waals surface area contributed by atoms with Gasteiger partial charge in [0, 0.05) is 6.92 Å². The van der Waals surface area contributed by atoms with Crippen LogP contribution in [0.1, 0.15) is 6.92 Å². The molecule has 13 heavy (non-hydrogen) atoms. The van der Waals surface area contributed by atoms with Crippen molar-refractivity contribution in [3.05, 3.63) is 12.4 Å². The monoisotopic (exact) mass is 185 g/mol. The van der Waals surface area contributed by atoms with Crippen molar-refractivity contribution >= 4 is 17.9 Å². The number of quaternary nitrogens is 1. The maximum atomic E-state index is 10.8. The number of hydrogen-bond donors (Lipinski definition) is 2. The molecule has 1 heterocycles. The standard InChI is InChI=1S/C7H8N2O4/c1-5-8-2-3-9(5,7(12)13)4-6(10)11/h2-3H,4H2,1H3,(H-,10,11,12,13)/p+1. The number of carboxylic acid groups (broad SMARTS) is 2. The first-order valence-corrected chi connectivity index (χ1v) is 3.55. The number of amidine groups is 1. The Morgan fingerprint density at radius 3 is 2.46 bits per heavy atom.